The zero-order valence-corrected chi connectivity index (χ0v) is 18.8. The second-order valence-electron chi connectivity index (χ2n) is 7.89. The molecule has 1 unspecified atom stereocenters. The largest absolute Gasteiger partial charge is 0.459 e. The van der Waals surface area contributed by atoms with Crippen molar-refractivity contribution < 1.29 is 33.3 Å². The van der Waals surface area contributed by atoms with Gasteiger partial charge in [0.15, 0.2) is 0 Å². The van der Waals surface area contributed by atoms with Gasteiger partial charge in [-0.05, 0) is 37.0 Å². The molecule has 30 heavy (non-hydrogen) atoms. The van der Waals surface area contributed by atoms with Gasteiger partial charge in [-0.2, -0.15) is 0 Å². The average molecular weight is 431 g/mol. The molecule has 0 heterocycles. The van der Waals surface area contributed by atoms with E-state index in [2.05, 4.69) is 38.0 Å². The van der Waals surface area contributed by atoms with E-state index in [1.807, 2.05) is 0 Å². The normalized spacial score (nSPS) is 11.9. The number of alkyl carbamates (subject to hydrolysis) is 2. The maximum absolute atomic E-state index is 11.7. The van der Waals surface area contributed by atoms with Crippen LogP contribution in [-0.4, -0.2) is 64.8 Å². The molecule has 0 aliphatic heterocycles. The Kier molecular flexibility index (Phi) is 15.2. The molecule has 1 atom stereocenters. The van der Waals surface area contributed by atoms with Crippen molar-refractivity contribution in [2.45, 2.75) is 46.5 Å². The molecule has 0 aliphatic carbocycles. The summed E-state index contributed by atoms with van der Waals surface area (Å²) in [7, 11) is 1.64. The first kappa shape index (κ1) is 27.7. The first-order chi connectivity index (χ1) is 14.2. The highest BCUT2D eigenvalue weighted by molar-refractivity contribution is 5.81. The second-order valence-corrected chi connectivity index (χ2v) is 7.89. The summed E-state index contributed by atoms with van der Waals surface area (Å²) < 4.78 is 19.7. The summed E-state index contributed by atoms with van der Waals surface area (Å²) in [4.78, 5) is 34.2. The van der Waals surface area contributed by atoms with E-state index in [-0.39, 0.29) is 18.6 Å². The van der Waals surface area contributed by atoms with Crippen molar-refractivity contribution in [3.63, 3.8) is 0 Å². The van der Waals surface area contributed by atoms with Gasteiger partial charge < -0.3 is 29.6 Å². The maximum atomic E-state index is 11.7. The number of ether oxygens (including phenoxy) is 4. The van der Waals surface area contributed by atoms with Crippen LogP contribution in [0.15, 0.2) is 12.7 Å². The third-order valence-corrected chi connectivity index (χ3v) is 4.22. The molecule has 0 aromatic heterocycles. The van der Waals surface area contributed by atoms with Crippen LogP contribution in [0.1, 0.15) is 46.5 Å². The molecule has 0 bridgehead atoms. The number of rotatable bonds is 16. The van der Waals surface area contributed by atoms with E-state index in [1.54, 1.807) is 7.11 Å². The Balaban J connectivity index is 3.88. The van der Waals surface area contributed by atoms with Crippen LogP contribution in [0.4, 0.5) is 9.59 Å². The lowest BCUT2D eigenvalue weighted by molar-refractivity contribution is -0.138. The molecule has 0 aromatic rings. The average Bonchev–Trinajstić information content (AvgIpc) is 2.69. The van der Waals surface area contributed by atoms with Gasteiger partial charge in [0.1, 0.15) is 13.2 Å². The fraction of sp³-hybridized carbons (Fsp3) is 0.762. The minimum Gasteiger partial charge on any atom is -0.459 e. The van der Waals surface area contributed by atoms with Crippen molar-refractivity contribution in [3.8, 4) is 0 Å². The molecular formula is C21H38N2O7. The first-order valence-electron chi connectivity index (χ1n) is 10.3. The number of carbonyl (C=O) groups excluding carboxylic acids is 3. The predicted molar refractivity (Wildman–Crippen MR) is 113 cm³/mol. The highest BCUT2D eigenvalue weighted by Crippen LogP contribution is 2.26. The van der Waals surface area contributed by atoms with Gasteiger partial charge in [0, 0.05) is 32.9 Å². The smallest absolute Gasteiger partial charge is 0.407 e. The van der Waals surface area contributed by atoms with Gasteiger partial charge in [-0.25, -0.2) is 14.4 Å². The first-order valence-corrected chi connectivity index (χ1v) is 10.3. The number of carbonyl (C=O) groups is 3. The Labute approximate surface area is 179 Å². The third-order valence-electron chi connectivity index (χ3n) is 4.22. The van der Waals surface area contributed by atoms with Crippen molar-refractivity contribution in [1.82, 2.24) is 10.6 Å². The number of unbranched alkanes of at least 4 members (excludes halogenated alkanes) is 1. The van der Waals surface area contributed by atoms with E-state index in [1.165, 1.54) is 0 Å². The summed E-state index contributed by atoms with van der Waals surface area (Å²) in [5.74, 6) is -0.211. The fourth-order valence-corrected chi connectivity index (χ4v) is 2.80. The van der Waals surface area contributed by atoms with Crippen LogP contribution in [0.2, 0.25) is 0 Å². The van der Waals surface area contributed by atoms with Gasteiger partial charge in [0.2, 0.25) is 0 Å². The van der Waals surface area contributed by atoms with Crippen LogP contribution in [0.3, 0.4) is 0 Å². The standard InChI is InChI=1S/C21H38N2O7/c1-6-18(24)28-13-14-30-20(26)23-16-21(3,4)15-17(2)9-10-22-19(25)29-12-8-7-11-27-5/h6,17H,1,7-16H2,2-5H3,(H,22,25)(H,23,26). The van der Waals surface area contributed by atoms with Crippen molar-refractivity contribution in [1.29, 1.82) is 0 Å². The van der Waals surface area contributed by atoms with Gasteiger partial charge in [0.25, 0.3) is 0 Å². The summed E-state index contributed by atoms with van der Waals surface area (Å²) in [5, 5.41) is 5.48. The monoisotopic (exact) mass is 430 g/mol. The highest BCUT2D eigenvalue weighted by Gasteiger charge is 2.22. The number of amides is 2. The minimum atomic E-state index is -0.557. The molecular weight excluding hydrogens is 392 g/mol. The van der Waals surface area contributed by atoms with Crippen LogP contribution < -0.4 is 10.6 Å². The number of hydrogen-bond donors (Lipinski definition) is 2. The van der Waals surface area contributed by atoms with E-state index in [9.17, 15) is 14.4 Å². The van der Waals surface area contributed by atoms with E-state index >= 15 is 0 Å². The quantitative estimate of drug-likeness (QED) is 0.167. The van der Waals surface area contributed by atoms with Gasteiger partial charge in [0.05, 0.1) is 6.61 Å². The molecule has 0 rings (SSSR count). The van der Waals surface area contributed by atoms with E-state index in [4.69, 9.17) is 18.9 Å². The molecule has 0 spiro atoms. The molecule has 2 N–H and O–H groups in total. The van der Waals surface area contributed by atoms with Gasteiger partial charge in [-0.3, -0.25) is 0 Å². The molecule has 0 radical (unpaired) electrons. The summed E-state index contributed by atoms with van der Waals surface area (Å²) >= 11 is 0. The minimum absolute atomic E-state index is 0.0126. The van der Waals surface area contributed by atoms with E-state index < -0.39 is 18.2 Å². The van der Waals surface area contributed by atoms with Crippen molar-refractivity contribution >= 4 is 18.2 Å². The highest BCUT2D eigenvalue weighted by atomic mass is 16.6. The molecule has 0 fully saturated rings. The van der Waals surface area contributed by atoms with Gasteiger partial charge >= 0.3 is 18.2 Å². The summed E-state index contributed by atoms with van der Waals surface area (Å²) in [6.07, 6.45) is 3.40. The van der Waals surface area contributed by atoms with Crippen molar-refractivity contribution in [2.24, 2.45) is 11.3 Å². The summed E-state index contributed by atoms with van der Waals surface area (Å²) in [5.41, 5.74) is -0.143. The molecule has 0 saturated heterocycles. The molecule has 9 nitrogen and oxygen atoms in total. The van der Waals surface area contributed by atoms with Crippen LogP contribution >= 0.6 is 0 Å². The lowest BCUT2D eigenvalue weighted by Crippen LogP contribution is -2.36. The van der Waals surface area contributed by atoms with E-state index in [0.29, 0.717) is 32.2 Å². The number of hydrogen-bond acceptors (Lipinski definition) is 7. The molecule has 0 aliphatic rings. The second kappa shape index (κ2) is 16.5. The molecule has 0 aromatic carbocycles. The molecule has 174 valence electrons. The van der Waals surface area contributed by atoms with Crippen molar-refractivity contribution in [3.05, 3.63) is 12.7 Å². The summed E-state index contributed by atoms with van der Waals surface area (Å²) in [6, 6.07) is 0. The third kappa shape index (κ3) is 16.6. The Morgan fingerprint density at radius 1 is 0.967 bits per heavy atom. The van der Waals surface area contributed by atoms with Crippen molar-refractivity contribution in [2.75, 3.05) is 46.6 Å². The zero-order valence-electron chi connectivity index (χ0n) is 18.8. The number of methoxy groups -OCH3 is 1. The Hall–Kier alpha value is -2.29. The fourth-order valence-electron chi connectivity index (χ4n) is 2.80. The SMILES string of the molecule is C=CC(=O)OCCOC(=O)NCC(C)(C)CC(C)CCNC(=O)OCCCCOC. The molecule has 2 amide bonds. The van der Waals surface area contributed by atoms with Crippen LogP contribution in [-0.2, 0) is 23.7 Å². The number of nitrogens with one attached hydrogen (secondary N) is 2. The Morgan fingerprint density at radius 3 is 2.23 bits per heavy atom. The Morgan fingerprint density at radius 2 is 1.57 bits per heavy atom. The molecule has 9 heteroatoms. The Bertz CT molecular complexity index is 523. The maximum Gasteiger partial charge on any atom is 0.407 e. The summed E-state index contributed by atoms with van der Waals surface area (Å²) in [6.45, 7) is 11.5. The zero-order chi connectivity index (χ0) is 22.8. The van der Waals surface area contributed by atoms with E-state index in [0.717, 1.165) is 31.8 Å². The predicted octanol–water partition coefficient (Wildman–Crippen LogP) is 3.04. The lowest BCUT2D eigenvalue weighted by Gasteiger charge is -2.28. The van der Waals surface area contributed by atoms with Gasteiger partial charge in [-0.1, -0.05) is 27.4 Å². The lowest BCUT2D eigenvalue weighted by atomic mass is 9.82. The van der Waals surface area contributed by atoms with Crippen LogP contribution in [0.25, 0.3) is 0 Å². The number of esters is 1. The van der Waals surface area contributed by atoms with Crippen LogP contribution in [0.5, 0.6) is 0 Å². The van der Waals surface area contributed by atoms with Crippen LogP contribution in [0, 0.1) is 11.3 Å². The van der Waals surface area contributed by atoms with Gasteiger partial charge in [-0.15, -0.1) is 0 Å². The topological polar surface area (TPSA) is 112 Å². The molecule has 0 saturated carbocycles.